The summed E-state index contributed by atoms with van der Waals surface area (Å²) in [5, 5.41) is 19.4. The van der Waals surface area contributed by atoms with E-state index < -0.39 is 22.8 Å². The summed E-state index contributed by atoms with van der Waals surface area (Å²) in [5.41, 5.74) is -2.21. The Morgan fingerprint density at radius 2 is 1.19 bits per heavy atom. The van der Waals surface area contributed by atoms with Crippen molar-refractivity contribution >= 4 is 11.6 Å². The summed E-state index contributed by atoms with van der Waals surface area (Å²) < 4.78 is 15.7. The van der Waals surface area contributed by atoms with Crippen molar-refractivity contribution in [2.75, 3.05) is 14.2 Å². The van der Waals surface area contributed by atoms with E-state index in [0.717, 1.165) is 0 Å². The molecular weight excluding hydrogens is 352 g/mol. The number of phenols is 2. The van der Waals surface area contributed by atoms with Crippen molar-refractivity contribution in [1.82, 2.24) is 0 Å². The van der Waals surface area contributed by atoms with E-state index in [-0.39, 0.29) is 34.1 Å². The van der Waals surface area contributed by atoms with Crippen LogP contribution < -0.4 is 9.47 Å². The number of ketones is 2. The zero-order valence-electron chi connectivity index (χ0n) is 15.4. The summed E-state index contributed by atoms with van der Waals surface area (Å²) >= 11 is 0. The van der Waals surface area contributed by atoms with Crippen LogP contribution in [0.15, 0.2) is 36.4 Å². The Bertz CT molecular complexity index is 860. The molecule has 3 rings (SSSR count). The van der Waals surface area contributed by atoms with Gasteiger partial charge >= 0.3 is 0 Å². The molecule has 7 nitrogen and oxygen atoms in total. The molecule has 2 unspecified atom stereocenters. The van der Waals surface area contributed by atoms with Gasteiger partial charge in [0, 0.05) is 11.1 Å². The summed E-state index contributed by atoms with van der Waals surface area (Å²) in [5.74, 6) is -0.676. The second-order valence-electron chi connectivity index (χ2n) is 6.60. The summed E-state index contributed by atoms with van der Waals surface area (Å²) in [4.78, 5) is 25.9. The van der Waals surface area contributed by atoms with Gasteiger partial charge in [-0.05, 0) is 50.2 Å². The largest absolute Gasteiger partial charge is 0.504 e. The number of epoxide rings is 1. The predicted octanol–water partition coefficient (Wildman–Crippen LogP) is 2.73. The first-order valence-electron chi connectivity index (χ1n) is 8.21. The molecule has 1 aliphatic rings. The molecule has 0 aromatic heterocycles. The number of benzene rings is 2. The van der Waals surface area contributed by atoms with E-state index >= 15 is 0 Å². The smallest absolute Gasteiger partial charge is 0.198 e. The molecule has 1 heterocycles. The number of hydrogen-bond donors (Lipinski definition) is 2. The summed E-state index contributed by atoms with van der Waals surface area (Å²) in [6, 6.07) is 8.39. The molecule has 2 aromatic carbocycles. The van der Waals surface area contributed by atoms with Gasteiger partial charge in [0.25, 0.3) is 0 Å². The van der Waals surface area contributed by atoms with Gasteiger partial charge in [-0.25, -0.2) is 0 Å². The third-order valence-electron chi connectivity index (χ3n) is 5.03. The fraction of sp³-hybridized carbons (Fsp3) is 0.300. The monoisotopic (exact) mass is 372 g/mol. The lowest BCUT2D eigenvalue weighted by Crippen LogP contribution is -2.35. The molecule has 2 atom stereocenters. The maximum Gasteiger partial charge on any atom is 0.198 e. The SMILES string of the molecule is COc1cc(C(=O)C2(C)OC2(C)C(=O)c2ccc(O)c(OC)c2)ccc1O. The zero-order valence-corrected chi connectivity index (χ0v) is 15.4. The van der Waals surface area contributed by atoms with Gasteiger partial charge in [-0.15, -0.1) is 0 Å². The van der Waals surface area contributed by atoms with Crippen LogP contribution in [0, 0.1) is 0 Å². The van der Waals surface area contributed by atoms with Gasteiger partial charge in [-0.2, -0.15) is 0 Å². The molecule has 0 spiro atoms. The Morgan fingerprint density at radius 1 is 0.815 bits per heavy atom. The van der Waals surface area contributed by atoms with Crippen molar-refractivity contribution in [2.45, 2.75) is 25.0 Å². The number of Topliss-reactive ketones (excluding diaryl/α,β-unsaturated/α-hetero) is 2. The maximum absolute atomic E-state index is 13.0. The van der Waals surface area contributed by atoms with Crippen LogP contribution in [0.5, 0.6) is 23.0 Å². The highest BCUT2D eigenvalue weighted by Gasteiger charge is 2.72. The van der Waals surface area contributed by atoms with Crippen LogP contribution in [-0.4, -0.2) is 47.2 Å². The van der Waals surface area contributed by atoms with E-state index in [1.807, 2.05) is 0 Å². The molecule has 27 heavy (non-hydrogen) atoms. The van der Waals surface area contributed by atoms with E-state index in [4.69, 9.17) is 14.2 Å². The summed E-state index contributed by atoms with van der Waals surface area (Å²) in [6.07, 6.45) is 0. The minimum absolute atomic E-state index is 0.0917. The van der Waals surface area contributed by atoms with E-state index in [9.17, 15) is 19.8 Å². The predicted molar refractivity (Wildman–Crippen MR) is 95.9 cm³/mol. The first kappa shape index (κ1) is 18.7. The molecule has 7 heteroatoms. The molecular formula is C20H20O7. The standard InChI is InChI=1S/C20H20O7/c1-19(17(23)11-5-7-13(21)15(9-11)25-3)20(2,27-19)18(24)12-6-8-14(22)16(10-12)26-4/h5-10,21-22H,1-4H3. The van der Waals surface area contributed by atoms with Crippen LogP contribution in [0.1, 0.15) is 34.6 Å². The average molecular weight is 372 g/mol. The van der Waals surface area contributed by atoms with Crippen molar-refractivity contribution in [1.29, 1.82) is 0 Å². The number of carbonyl (C=O) groups is 2. The Labute approximate surface area is 156 Å². The number of ether oxygens (including phenoxy) is 3. The Balaban J connectivity index is 1.91. The molecule has 0 bridgehead atoms. The molecule has 0 amide bonds. The van der Waals surface area contributed by atoms with Crippen LogP contribution in [-0.2, 0) is 4.74 Å². The third kappa shape index (κ3) is 2.80. The second-order valence-corrected chi connectivity index (χ2v) is 6.60. The number of carbonyl (C=O) groups excluding carboxylic acids is 2. The van der Waals surface area contributed by atoms with E-state index in [2.05, 4.69) is 0 Å². The van der Waals surface area contributed by atoms with Gasteiger partial charge in [-0.3, -0.25) is 9.59 Å². The number of hydrogen-bond acceptors (Lipinski definition) is 7. The molecule has 1 fully saturated rings. The van der Waals surface area contributed by atoms with Gasteiger partial charge in [0.1, 0.15) is 0 Å². The zero-order chi connectivity index (χ0) is 20.0. The highest BCUT2D eigenvalue weighted by Crippen LogP contribution is 2.52. The maximum atomic E-state index is 13.0. The second kappa shape index (κ2) is 6.28. The number of aromatic hydroxyl groups is 2. The topological polar surface area (TPSA) is 106 Å². The normalized spacial score (nSPS) is 23.6. The molecule has 0 saturated carbocycles. The van der Waals surface area contributed by atoms with Crippen molar-refractivity contribution in [3.8, 4) is 23.0 Å². The van der Waals surface area contributed by atoms with Crippen molar-refractivity contribution in [2.24, 2.45) is 0 Å². The van der Waals surface area contributed by atoms with Gasteiger partial charge in [0.15, 0.2) is 45.8 Å². The van der Waals surface area contributed by atoms with E-state index in [1.54, 1.807) is 13.8 Å². The Kier molecular flexibility index (Phi) is 4.35. The quantitative estimate of drug-likeness (QED) is 0.593. The first-order valence-corrected chi connectivity index (χ1v) is 8.21. The molecule has 1 aliphatic heterocycles. The number of methoxy groups -OCH3 is 2. The molecule has 0 radical (unpaired) electrons. The highest BCUT2D eigenvalue weighted by molar-refractivity contribution is 6.15. The van der Waals surface area contributed by atoms with Crippen molar-refractivity contribution in [3.05, 3.63) is 47.5 Å². The molecule has 1 saturated heterocycles. The minimum Gasteiger partial charge on any atom is -0.504 e. The van der Waals surface area contributed by atoms with E-state index in [1.165, 1.54) is 50.6 Å². The summed E-state index contributed by atoms with van der Waals surface area (Å²) in [7, 11) is 2.76. The molecule has 0 aliphatic carbocycles. The van der Waals surface area contributed by atoms with Crippen LogP contribution >= 0.6 is 0 Å². The van der Waals surface area contributed by atoms with Gasteiger partial charge in [-0.1, -0.05) is 0 Å². The Morgan fingerprint density at radius 3 is 1.52 bits per heavy atom. The van der Waals surface area contributed by atoms with Gasteiger partial charge in [0.2, 0.25) is 0 Å². The highest BCUT2D eigenvalue weighted by atomic mass is 16.6. The third-order valence-corrected chi connectivity index (χ3v) is 5.03. The van der Waals surface area contributed by atoms with Gasteiger partial charge in [0.05, 0.1) is 14.2 Å². The Hall–Kier alpha value is -3.06. The lowest BCUT2D eigenvalue weighted by molar-refractivity contribution is 0.0882. The number of rotatable bonds is 6. The van der Waals surface area contributed by atoms with Crippen LogP contribution in [0.3, 0.4) is 0 Å². The van der Waals surface area contributed by atoms with Gasteiger partial charge < -0.3 is 24.4 Å². The first-order chi connectivity index (χ1) is 12.7. The van der Waals surface area contributed by atoms with Crippen molar-refractivity contribution in [3.63, 3.8) is 0 Å². The lowest BCUT2D eigenvalue weighted by Gasteiger charge is -2.13. The lowest BCUT2D eigenvalue weighted by atomic mass is 9.83. The molecule has 142 valence electrons. The molecule has 2 aromatic rings. The van der Waals surface area contributed by atoms with Crippen LogP contribution in [0.4, 0.5) is 0 Å². The fourth-order valence-corrected chi connectivity index (χ4v) is 3.10. The van der Waals surface area contributed by atoms with Crippen molar-refractivity contribution < 1.29 is 34.0 Å². The number of phenolic OH excluding ortho intramolecular Hbond substituents is 2. The van der Waals surface area contributed by atoms with Crippen LogP contribution in [0.25, 0.3) is 0 Å². The molecule has 2 N–H and O–H groups in total. The van der Waals surface area contributed by atoms with Crippen LogP contribution in [0.2, 0.25) is 0 Å². The summed E-state index contributed by atoms with van der Waals surface area (Å²) in [6.45, 7) is 3.09. The average Bonchev–Trinajstić information content (AvgIpc) is 3.25. The van der Waals surface area contributed by atoms with E-state index in [0.29, 0.717) is 0 Å². The fourth-order valence-electron chi connectivity index (χ4n) is 3.10. The minimum atomic E-state index is -1.36.